The molecule has 0 radical (unpaired) electrons. The summed E-state index contributed by atoms with van der Waals surface area (Å²) in [4.78, 5) is 19.1. The molecule has 1 unspecified atom stereocenters. The van der Waals surface area contributed by atoms with Gasteiger partial charge in [0.25, 0.3) is 0 Å². The highest BCUT2D eigenvalue weighted by Gasteiger charge is 2.20. The third-order valence-corrected chi connectivity index (χ3v) is 2.56. The van der Waals surface area contributed by atoms with Gasteiger partial charge in [0.05, 0.1) is 5.92 Å². The first kappa shape index (κ1) is 11.3. The standard InChI is InChI=1S/C13H12N2O2/c16-13(17)12(10-4-2-1-3-5-10)8-11-6-7-14-9-15-11/h1-7,9,12H,8H2,(H,16,17). The minimum atomic E-state index is -0.838. The normalized spacial score (nSPS) is 12.0. The second-order valence-electron chi connectivity index (χ2n) is 3.71. The van der Waals surface area contributed by atoms with Crippen LogP contribution in [0.4, 0.5) is 0 Å². The first-order valence-electron chi connectivity index (χ1n) is 5.30. The molecule has 1 aromatic carbocycles. The molecule has 0 saturated carbocycles. The van der Waals surface area contributed by atoms with Crippen molar-refractivity contribution in [1.82, 2.24) is 9.97 Å². The van der Waals surface area contributed by atoms with Crippen LogP contribution in [0.5, 0.6) is 0 Å². The van der Waals surface area contributed by atoms with Crippen LogP contribution in [0.2, 0.25) is 0 Å². The van der Waals surface area contributed by atoms with Gasteiger partial charge in [-0.2, -0.15) is 0 Å². The Labute approximate surface area is 99.0 Å². The number of benzene rings is 1. The summed E-state index contributed by atoms with van der Waals surface area (Å²) in [6.45, 7) is 0. The van der Waals surface area contributed by atoms with Gasteiger partial charge in [0.1, 0.15) is 6.33 Å². The largest absolute Gasteiger partial charge is 0.481 e. The Hall–Kier alpha value is -2.23. The highest BCUT2D eigenvalue weighted by atomic mass is 16.4. The Balaban J connectivity index is 2.23. The number of carboxylic acids is 1. The van der Waals surface area contributed by atoms with E-state index in [0.29, 0.717) is 6.42 Å². The summed E-state index contributed by atoms with van der Waals surface area (Å²) in [6.07, 6.45) is 3.42. The van der Waals surface area contributed by atoms with Crippen molar-refractivity contribution in [2.24, 2.45) is 0 Å². The molecular weight excluding hydrogens is 216 g/mol. The van der Waals surface area contributed by atoms with Crippen molar-refractivity contribution in [2.75, 3.05) is 0 Å². The highest BCUT2D eigenvalue weighted by Crippen LogP contribution is 2.19. The quantitative estimate of drug-likeness (QED) is 0.867. The molecule has 0 amide bonds. The first-order chi connectivity index (χ1) is 8.27. The summed E-state index contributed by atoms with van der Waals surface area (Å²) < 4.78 is 0. The highest BCUT2D eigenvalue weighted by molar-refractivity contribution is 5.76. The average molecular weight is 228 g/mol. The summed E-state index contributed by atoms with van der Waals surface area (Å²) in [5, 5.41) is 9.24. The van der Waals surface area contributed by atoms with Crippen LogP contribution in [-0.2, 0) is 11.2 Å². The van der Waals surface area contributed by atoms with Crippen LogP contribution < -0.4 is 0 Å². The number of aliphatic carboxylic acids is 1. The molecule has 0 bridgehead atoms. The number of rotatable bonds is 4. The molecule has 1 aromatic heterocycles. The summed E-state index contributed by atoms with van der Waals surface area (Å²) in [6, 6.07) is 10.9. The lowest BCUT2D eigenvalue weighted by Gasteiger charge is -2.11. The average Bonchev–Trinajstić information content (AvgIpc) is 2.38. The van der Waals surface area contributed by atoms with Crippen LogP contribution in [0.25, 0.3) is 0 Å². The SMILES string of the molecule is O=C(O)C(Cc1ccncn1)c1ccccc1. The Bertz CT molecular complexity index is 485. The topological polar surface area (TPSA) is 63.1 Å². The van der Waals surface area contributed by atoms with Gasteiger partial charge >= 0.3 is 5.97 Å². The smallest absolute Gasteiger partial charge is 0.311 e. The van der Waals surface area contributed by atoms with Crippen molar-refractivity contribution in [1.29, 1.82) is 0 Å². The maximum absolute atomic E-state index is 11.3. The maximum atomic E-state index is 11.3. The van der Waals surface area contributed by atoms with Crippen LogP contribution >= 0.6 is 0 Å². The molecule has 0 aliphatic carbocycles. The van der Waals surface area contributed by atoms with E-state index < -0.39 is 11.9 Å². The third-order valence-electron chi connectivity index (χ3n) is 2.56. The monoisotopic (exact) mass is 228 g/mol. The van der Waals surface area contributed by atoms with E-state index >= 15 is 0 Å². The third kappa shape index (κ3) is 2.87. The van der Waals surface area contributed by atoms with E-state index in [4.69, 9.17) is 0 Å². The first-order valence-corrected chi connectivity index (χ1v) is 5.30. The van der Waals surface area contributed by atoms with Gasteiger partial charge in [-0.3, -0.25) is 4.79 Å². The van der Waals surface area contributed by atoms with Gasteiger partial charge in [-0.15, -0.1) is 0 Å². The van der Waals surface area contributed by atoms with Gasteiger partial charge in [0, 0.05) is 18.3 Å². The van der Waals surface area contributed by atoms with E-state index in [1.165, 1.54) is 6.33 Å². The summed E-state index contributed by atoms with van der Waals surface area (Å²) in [7, 11) is 0. The number of carbonyl (C=O) groups is 1. The molecule has 1 N–H and O–H groups in total. The molecule has 2 aromatic rings. The van der Waals surface area contributed by atoms with Crippen LogP contribution in [0.15, 0.2) is 48.9 Å². The van der Waals surface area contributed by atoms with Crippen molar-refractivity contribution in [3.63, 3.8) is 0 Å². The van der Waals surface area contributed by atoms with Crippen molar-refractivity contribution < 1.29 is 9.90 Å². The molecule has 4 heteroatoms. The molecule has 1 heterocycles. The Morgan fingerprint density at radius 2 is 2.00 bits per heavy atom. The van der Waals surface area contributed by atoms with Gasteiger partial charge < -0.3 is 5.11 Å². The molecule has 2 rings (SSSR count). The molecule has 0 fully saturated rings. The number of carboxylic acid groups (broad SMARTS) is 1. The zero-order chi connectivity index (χ0) is 12.1. The fourth-order valence-electron chi connectivity index (χ4n) is 1.68. The van der Waals surface area contributed by atoms with Crippen molar-refractivity contribution >= 4 is 5.97 Å². The van der Waals surface area contributed by atoms with Gasteiger partial charge in [0.15, 0.2) is 0 Å². The van der Waals surface area contributed by atoms with E-state index in [-0.39, 0.29) is 0 Å². The van der Waals surface area contributed by atoms with Gasteiger partial charge in [-0.25, -0.2) is 9.97 Å². The van der Waals surface area contributed by atoms with Crippen LogP contribution in [0.3, 0.4) is 0 Å². The second-order valence-corrected chi connectivity index (χ2v) is 3.71. The van der Waals surface area contributed by atoms with E-state index in [0.717, 1.165) is 11.3 Å². The molecule has 0 saturated heterocycles. The lowest BCUT2D eigenvalue weighted by atomic mass is 9.94. The molecule has 17 heavy (non-hydrogen) atoms. The molecule has 0 aliphatic rings. The van der Waals surface area contributed by atoms with Crippen LogP contribution in [0, 0.1) is 0 Å². The van der Waals surface area contributed by atoms with E-state index in [2.05, 4.69) is 9.97 Å². The predicted octanol–water partition coefficient (Wildman–Crippen LogP) is 1.89. The molecule has 0 aliphatic heterocycles. The molecule has 1 atom stereocenters. The molecular formula is C13H12N2O2. The number of hydrogen-bond acceptors (Lipinski definition) is 3. The van der Waals surface area contributed by atoms with E-state index in [9.17, 15) is 9.90 Å². The fourth-order valence-corrected chi connectivity index (χ4v) is 1.68. The fraction of sp³-hybridized carbons (Fsp3) is 0.154. The molecule has 0 spiro atoms. The lowest BCUT2D eigenvalue weighted by molar-refractivity contribution is -0.138. The molecule has 86 valence electrons. The van der Waals surface area contributed by atoms with Gasteiger partial charge in [-0.1, -0.05) is 30.3 Å². The predicted molar refractivity (Wildman–Crippen MR) is 62.6 cm³/mol. The van der Waals surface area contributed by atoms with Crippen LogP contribution in [0.1, 0.15) is 17.2 Å². The number of hydrogen-bond donors (Lipinski definition) is 1. The van der Waals surface area contributed by atoms with Crippen molar-refractivity contribution in [3.8, 4) is 0 Å². The van der Waals surface area contributed by atoms with Gasteiger partial charge in [-0.05, 0) is 11.6 Å². The second kappa shape index (κ2) is 5.21. The summed E-state index contributed by atoms with van der Waals surface area (Å²) >= 11 is 0. The van der Waals surface area contributed by atoms with Crippen molar-refractivity contribution in [3.05, 3.63) is 60.2 Å². The lowest BCUT2D eigenvalue weighted by Crippen LogP contribution is -2.15. The number of nitrogens with zero attached hydrogens (tertiary/aromatic N) is 2. The minimum Gasteiger partial charge on any atom is -0.481 e. The zero-order valence-electron chi connectivity index (χ0n) is 9.15. The Kier molecular flexibility index (Phi) is 3.45. The summed E-state index contributed by atoms with van der Waals surface area (Å²) in [5.41, 5.74) is 1.52. The number of aromatic nitrogens is 2. The molecule has 4 nitrogen and oxygen atoms in total. The Morgan fingerprint density at radius 1 is 1.24 bits per heavy atom. The summed E-state index contributed by atoms with van der Waals surface area (Å²) in [5.74, 6) is -1.40. The Morgan fingerprint density at radius 3 is 2.59 bits per heavy atom. The van der Waals surface area contributed by atoms with E-state index in [1.807, 2.05) is 30.3 Å². The van der Waals surface area contributed by atoms with Crippen LogP contribution in [-0.4, -0.2) is 21.0 Å². The maximum Gasteiger partial charge on any atom is 0.311 e. The van der Waals surface area contributed by atoms with Gasteiger partial charge in [0.2, 0.25) is 0 Å². The van der Waals surface area contributed by atoms with Crippen molar-refractivity contribution in [2.45, 2.75) is 12.3 Å². The minimum absolute atomic E-state index is 0.377. The zero-order valence-corrected chi connectivity index (χ0v) is 9.15. The van der Waals surface area contributed by atoms with E-state index in [1.54, 1.807) is 12.3 Å².